The maximum atomic E-state index is 12.1. The van der Waals surface area contributed by atoms with Crippen molar-refractivity contribution >= 4 is 29.5 Å². The first-order valence-corrected chi connectivity index (χ1v) is 9.04. The zero-order valence-electron chi connectivity index (χ0n) is 14.5. The summed E-state index contributed by atoms with van der Waals surface area (Å²) in [5.74, 6) is -0.222. The van der Waals surface area contributed by atoms with Crippen LogP contribution in [0.3, 0.4) is 0 Å². The number of benzene rings is 2. The molecule has 0 spiro atoms. The number of carbonyl (C=O) groups is 2. The molecule has 0 aliphatic heterocycles. The van der Waals surface area contributed by atoms with E-state index in [2.05, 4.69) is 10.6 Å². The SMILES string of the molecule is CC(NC(=O)/C=C/c1ccc(C(=O)NC2CC2)cc1)c1ccc(Cl)cc1. The number of hydrogen-bond donors (Lipinski definition) is 2. The van der Waals surface area contributed by atoms with Crippen LogP contribution in [0.5, 0.6) is 0 Å². The minimum Gasteiger partial charge on any atom is -0.349 e. The van der Waals surface area contributed by atoms with Gasteiger partial charge in [0.2, 0.25) is 5.91 Å². The van der Waals surface area contributed by atoms with E-state index in [1.807, 2.05) is 31.2 Å². The van der Waals surface area contributed by atoms with Crippen molar-refractivity contribution in [3.05, 3.63) is 76.3 Å². The van der Waals surface area contributed by atoms with Crippen LogP contribution in [0.1, 0.15) is 47.3 Å². The Labute approximate surface area is 158 Å². The molecule has 4 nitrogen and oxygen atoms in total. The molecule has 0 heterocycles. The molecule has 2 aromatic rings. The van der Waals surface area contributed by atoms with Gasteiger partial charge >= 0.3 is 0 Å². The predicted octanol–water partition coefficient (Wildman–Crippen LogP) is 4.12. The molecular formula is C21H21ClN2O2. The molecule has 1 fully saturated rings. The zero-order chi connectivity index (χ0) is 18.5. The molecule has 1 unspecified atom stereocenters. The third-order valence-corrected chi connectivity index (χ3v) is 4.49. The summed E-state index contributed by atoms with van der Waals surface area (Å²) < 4.78 is 0. The molecule has 0 radical (unpaired) electrons. The van der Waals surface area contributed by atoms with E-state index >= 15 is 0 Å². The molecule has 134 valence electrons. The van der Waals surface area contributed by atoms with Gasteiger partial charge in [-0.15, -0.1) is 0 Å². The molecule has 0 bridgehead atoms. The van der Waals surface area contributed by atoms with Crippen LogP contribution >= 0.6 is 11.6 Å². The summed E-state index contributed by atoms with van der Waals surface area (Å²) in [4.78, 5) is 24.0. The van der Waals surface area contributed by atoms with Crippen LogP contribution in [0.15, 0.2) is 54.6 Å². The van der Waals surface area contributed by atoms with E-state index in [0.29, 0.717) is 16.6 Å². The third kappa shape index (κ3) is 5.20. The van der Waals surface area contributed by atoms with E-state index in [4.69, 9.17) is 11.6 Å². The summed E-state index contributed by atoms with van der Waals surface area (Å²) >= 11 is 5.87. The second-order valence-electron chi connectivity index (χ2n) is 6.48. The Morgan fingerprint density at radius 1 is 1.08 bits per heavy atom. The van der Waals surface area contributed by atoms with Gasteiger partial charge < -0.3 is 10.6 Å². The Balaban J connectivity index is 1.53. The van der Waals surface area contributed by atoms with E-state index in [1.165, 1.54) is 6.08 Å². The summed E-state index contributed by atoms with van der Waals surface area (Å²) in [6, 6.07) is 14.8. The van der Waals surface area contributed by atoms with Gasteiger partial charge in [-0.3, -0.25) is 9.59 Å². The lowest BCUT2D eigenvalue weighted by Crippen LogP contribution is -2.25. The summed E-state index contributed by atoms with van der Waals surface area (Å²) in [7, 11) is 0. The number of amides is 2. The highest BCUT2D eigenvalue weighted by molar-refractivity contribution is 6.30. The van der Waals surface area contributed by atoms with Gasteiger partial charge in [0.1, 0.15) is 0 Å². The average molecular weight is 369 g/mol. The fourth-order valence-corrected chi connectivity index (χ4v) is 2.64. The minimum absolute atomic E-state index is 0.0439. The minimum atomic E-state index is -0.178. The van der Waals surface area contributed by atoms with E-state index < -0.39 is 0 Å². The standard InChI is InChI=1S/C21H21ClN2O2/c1-14(16-7-9-18(22)10-8-16)23-20(25)13-4-15-2-5-17(6-3-15)21(26)24-19-11-12-19/h2-10,13-14,19H,11-12H2,1H3,(H,23,25)(H,24,26)/b13-4+. The monoisotopic (exact) mass is 368 g/mol. The quantitative estimate of drug-likeness (QED) is 0.753. The molecular weight excluding hydrogens is 348 g/mol. The summed E-state index contributed by atoms with van der Waals surface area (Å²) in [6.45, 7) is 1.92. The Bertz CT molecular complexity index is 809. The van der Waals surface area contributed by atoms with E-state index in [1.54, 1.807) is 30.3 Å². The highest BCUT2D eigenvalue weighted by Crippen LogP contribution is 2.19. The smallest absolute Gasteiger partial charge is 0.251 e. The van der Waals surface area contributed by atoms with Crippen molar-refractivity contribution < 1.29 is 9.59 Å². The van der Waals surface area contributed by atoms with Crippen LogP contribution < -0.4 is 10.6 Å². The van der Waals surface area contributed by atoms with E-state index in [0.717, 1.165) is 24.0 Å². The van der Waals surface area contributed by atoms with Crippen molar-refractivity contribution in [1.29, 1.82) is 0 Å². The number of carbonyl (C=O) groups excluding carboxylic acids is 2. The molecule has 26 heavy (non-hydrogen) atoms. The largest absolute Gasteiger partial charge is 0.349 e. The van der Waals surface area contributed by atoms with Gasteiger partial charge in [-0.1, -0.05) is 35.9 Å². The molecule has 5 heteroatoms. The first-order valence-electron chi connectivity index (χ1n) is 8.66. The maximum Gasteiger partial charge on any atom is 0.251 e. The Hall–Kier alpha value is -2.59. The van der Waals surface area contributed by atoms with Gasteiger partial charge in [-0.05, 0) is 61.2 Å². The van der Waals surface area contributed by atoms with Crippen molar-refractivity contribution in [2.24, 2.45) is 0 Å². The number of hydrogen-bond acceptors (Lipinski definition) is 2. The zero-order valence-corrected chi connectivity index (χ0v) is 15.3. The average Bonchev–Trinajstić information content (AvgIpc) is 3.45. The van der Waals surface area contributed by atoms with Crippen LogP contribution in [0, 0.1) is 0 Å². The van der Waals surface area contributed by atoms with Gasteiger partial charge in [-0.2, -0.15) is 0 Å². The number of nitrogens with one attached hydrogen (secondary N) is 2. The van der Waals surface area contributed by atoms with Crippen molar-refractivity contribution in [3.63, 3.8) is 0 Å². The molecule has 2 amide bonds. The highest BCUT2D eigenvalue weighted by Gasteiger charge is 2.23. The normalized spacial score (nSPS) is 14.8. The van der Waals surface area contributed by atoms with Crippen LogP contribution in [0.4, 0.5) is 0 Å². The van der Waals surface area contributed by atoms with E-state index in [-0.39, 0.29) is 17.9 Å². The molecule has 2 N–H and O–H groups in total. The lowest BCUT2D eigenvalue weighted by atomic mass is 10.1. The predicted molar refractivity (Wildman–Crippen MR) is 104 cm³/mol. The lowest BCUT2D eigenvalue weighted by Gasteiger charge is -2.12. The van der Waals surface area contributed by atoms with Crippen molar-refractivity contribution in [2.75, 3.05) is 0 Å². The van der Waals surface area contributed by atoms with E-state index in [9.17, 15) is 9.59 Å². The molecule has 1 aliphatic rings. The van der Waals surface area contributed by atoms with Gasteiger partial charge in [0.05, 0.1) is 6.04 Å². The third-order valence-electron chi connectivity index (χ3n) is 4.24. The van der Waals surface area contributed by atoms with Crippen LogP contribution in [0.2, 0.25) is 5.02 Å². The van der Waals surface area contributed by atoms with Gasteiger partial charge in [0.25, 0.3) is 5.91 Å². The first-order chi connectivity index (χ1) is 12.5. The molecule has 3 rings (SSSR count). The Kier molecular flexibility index (Phi) is 5.74. The second kappa shape index (κ2) is 8.19. The summed E-state index contributed by atoms with van der Waals surface area (Å²) in [5, 5.41) is 6.53. The molecule has 0 aromatic heterocycles. The lowest BCUT2D eigenvalue weighted by molar-refractivity contribution is -0.117. The van der Waals surface area contributed by atoms with Crippen LogP contribution in [-0.4, -0.2) is 17.9 Å². The molecule has 0 saturated heterocycles. The fourth-order valence-electron chi connectivity index (χ4n) is 2.51. The van der Waals surface area contributed by atoms with Crippen molar-refractivity contribution in [2.45, 2.75) is 31.8 Å². The molecule has 1 atom stereocenters. The fraction of sp³-hybridized carbons (Fsp3) is 0.238. The van der Waals surface area contributed by atoms with Crippen molar-refractivity contribution in [3.8, 4) is 0 Å². The molecule has 1 saturated carbocycles. The summed E-state index contributed by atoms with van der Waals surface area (Å²) in [6.07, 6.45) is 5.35. The Morgan fingerprint density at radius 2 is 1.73 bits per heavy atom. The molecule has 1 aliphatic carbocycles. The second-order valence-corrected chi connectivity index (χ2v) is 6.92. The maximum absolute atomic E-state index is 12.1. The van der Waals surface area contributed by atoms with Gasteiger partial charge in [0.15, 0.2) is 0 Å². The van der Waals surface area contributed by atoms with Crippen molar-refractivity contribution in [1.82, 2.24) is 10.6 Å². The van der Waals surface area contributed by atoms with Crippen LogP contribution in [0.25, 0.3) is 6.08 Å². The van der Waals surface area contributed by atoms with Gasteiger partial charge in [-0.25, -0.2) is 0 Å². The highest BCUT2D eigenvalue weighted by atomic mass is 35.5. The Morgan fingerprint density at radius 3 is 2.35 bits per heavy atom. The molecule has 2 aromatic carbocycles. The van der Waals surface area contributed by atoms with Crippen LogP contribution in [-0.2, 0) is 4.79 Å². The number of halogens is 1. The first kappa shape index (κ1) is 18.2. The summed E-state index contributed by atoms with van der Waals surface area (Å²) in [5.41, 5.74) is 2.49. The topological polar surface area (TPSA) is 58.2 Å². The number of rotatable bonds is 6. The van der Waals surface area contributed by atoms with Gasteiger partial charge in [0, 0.05) is 22.7 Å².